The lowest BCUT2D eigenvalue weighted by molar-refractivity contribution is -0.384. The van der Waals surface area contributed by atoms with E-state index in [-0.39, 0.29) is 12.3 Å². The van der Waals surface area contributed by atoms with Gasteiger partial charge in [-0.05, 0) is 42.8 Å². The molecular weight excluding hydrogens is 390 g/mol. The van der Waals surface area contributed by atoms with E-state index in [0.717, 1.165) is 5.56 Å². The number of nitrogens with zero attached hydrogens (tertiary/aromatic N) is 2. The molecule has 0 saturated heterocycles. The van der Waals surface area contributed by atoms with Gasteiger partial charge in [0.2, 0.25) is 6.10 Å². The Balaban J connectivity index is 1.38. The van der Waals surface area contributed by atoms with Crippen molar-refractivity contribution in [1.82, 2.24) is 5.43 Å². The molecule has 30 heavy (non-hydrogen) atoms. The highest BCUT2D eigenvalue weighted by atomic mass is 16.6. The Labute approximate surface area is 171 Å². The fraction of sp³-hybridized carbons (Fsp3) is 0.143. The van der Waals surface area contributed by atoms with E-state index in [1.165, 1.54) is 18.3 Å². The lowest BCUT2D eigenvalue weighted by Gasteiger charge is -2.24. The Morgan fingerprint density at radius 1 is 1.20 bits per heavy atom. The van der Waals surface area contributed by atoms with Crippen LogP contribution in [0.25, 0.3) is 11.3 Å². The minimum atomic E-state index is -0.813. The molecule has 4 rings (SSSR count). The van der Waals surface area contributed by atoms with Gasteiger partial charge in [-0.1, -0.05) is 12.1 Å². The first-order valence-corrected chi connectivity index (χ1v) is 9.08. The Morgan fingerprint density at radius 2 is 2.00 bits per heavy atom. The molecule has 1 atom stereocenters. The predicted molar refractivity (Wildman–Crippen MR) is 108 cm³/mol. The quantitative estimate of drug-likeness (QED) is 0.393. The molecule has 9 nitrogen and oxygen atoms in total. The number of aryl methyl sites for hydroxylation is 1. The first kappa shape index (κ1) is 19.2. The van der Waals surface area contributed by atoms with Crippen molar-refractivity contribution in [3.8, 4) is 22.8 Å². The van der Waals surface area contributed by atoms with Gasteiger partial charge in [-0.15, -0.1) is 0 Å². The van der Waals surface area contributed by atoms with E-state index in [0.29, 0.717) is 28.6 Å². The maximum atomic E-state index is 12.2. The van der Waals surface area contributed by atoms with Crippen molar-refractivity contribution in [3.05, 3.63) is 76.0 Å². The van der Waals surface area contributed by atoms with Crippen LogP contribution in [-0.2, 0) is 4.79 Å². The van der Waals surface area contributed by atoms with Crippen LogP contribution in [-0.4, -0.2) is 29.8 Å². The summed E-state index contributed by atoms with van der Waals surface area (Å²) in [4.78, 5) is 22.7. The molecule has 1 N–H and O–H groups in total. The summed E-state index contributed by atoms with van der Waals surface area (Å²) in [5.41, 5.74) is 3.87. The smallest absolute Gasteiger partial charge is 0.284 e. The van der Waals surface area contributed by atoms with Gasteiger partial charge in [-0.2, -0.15) is 5.10 Å². The van der Waals surface area contributed by atoms with Crippen LogP contribution in [0.1, 0.15) is 11.3 Å². The van der Waals surface area contributed by atoms with Gasteiger partial charge in [-0.3, -0.25) is 14.9 Å². The zero-order chi connectivity index (χ0) is 21.1. The Hall–Kier alpha value is -4.14. The monoisotopic (exact) mass is 407 g/mol. The second kappa shape index (κ2) is 8.08. The summed E-state index contributed by atoms with van der Waals surface area (Å²) in [6.45, 7) is 1.85. The molecule has 0 spiro atoms. The van der Waals surface area contributed by atoms with Gasteiger partial charge >= 0.3 is 0 Å². The van der Waals surface area contributed by atoms with Crippen molar-refractivity contribution in [3.63, 3.8) is 0 Å². The van der Waals surface area contributed by atoms with Crippen LogP contribution in [0, 0.1) is 17.0 Å². The molecule has 0 unspecified atom stereocenters. The molecule has 2 aromatic carbocycles. The number of carbonyl (C=O) groups excluding carboxylic acids is 1. The molecule has 1 aliphatic heterocycles. The average Bonchev–Trinajstić information content (AvgIpc) is 3.21. The number of nitro groups is 1. The van der Waals surface area contributed by atoms with Gasteiger partial charge in [0.15, 0.2) is 11.5 Å². The maximum Gasteiger partial charge on any atom is 0.284 e. The summed E-state index contributed by atoms with van der Waals surface area (Å²) in [6.07, 6.45) is 0.548. The topological polar surface area (TPSA) is 116 Å². The van der Waals surface area contributed by atoms with E-state index < -0.39 is 16.9 Å². The largest absolute Gasteiger partial charge is 0.485 e. The zero-order valence-corrected chi connectivity index (χ0v) is 15.9. The van der Waals surface area contributed by atoms with Crippen LogP contribution in [0.2, 0.25) is 0 Å². The second-order valence-electron chi connectivity index (χ2n) is 6.56. The number of furan rings is 1. The second-order valence-corrected chi connectivity index (χ2v) is 6.56. The molecule has 1 amide bonds. The molecular formula is C21H17N3O6. The molecule has 0 aliphatic carbocycles. The number of hydrazone groups is 1. The van der Waals surface area contributed by atoms with Crippen molar-refractivity contribution < 1.29 is 23.6 Å². The third-order valence-electron chi connectivity index (χ3n) is 4.48. The molecule has 1 aliphatic rings. The third kappa shape index (κ3) is 4.00. The number of nitro benzene ring substituents is 1. The number of carbonyl (C=O) groups is 1. The number of fused-ring (bicyclic) bond motifs is 1. The lowest BCUT2D eigenvalue weighted by atomic mass is 10.1. The first-order valence-electron chi connectivity index (χ1n) is 9.08. The highest BCUT2D eigenvalue weighted by Gasteiger charge is 2.27. The number of para-hydroxylation sites is 2. The number of nitrogens with one attached hydrogen (secondary N) is 1. The van der Waals surface area contributed by atoms with Gasteiger partial charge in [0.1, 0.15) is 18.1 Å². The third-order valence-corrected chi connectivity index (χ3v) is 4.48. The highest BCUT2D eigenvalue weighted by Crippen LogP contribution is 2.31. The normalized spacial score (nSPS) is 15.2. The number of rotatable bonds is 5. The van der Waals surface area contributed by atoms with E-state index >= 15 is 0 Å². The molecule has 0 bridgehead atoms. The minimum absolute atomic E-state index is 0.0174. The van der Waals surface area contributed by atoms with Crippen molar-refractivity contribution >= 4 is 17.8 Å². The fourth-order valence-corrected chi connectivity index (χ4v) is 2.99. The summed E-state index contributed by atoms with van der Waals surface area (Å²) in [5.74, 6) is 1.60. The van der Waals surface area contributed by atoms with Gasteiger partial charge in [0.25, 0.3) is 11.6 Å². The number of ether oxygens (including phenoxy) is 2. The molecule has 1 aromatic heterocycles. The SMILES string of the molecule is Cc1cc([N+](=O)[O-])ccc1-c1ccc(/C=N/NC(=O)[C@H]2COc3ccccc3O2)o1. The zero-order valence-electron chi connectivity index (χ0n) is 15.9. The Morgan fingerprint density at radius 3 is 2.77 bits per heavy atom. The number of benzene rings is 2. The highest BCUT2D eigenvalue weighted by molar-refractivity contribution is 5.84. The molecule has 9 heteroatoms. The van der Waals surface area contributed by atoms with E-state index in [1.807, 2.05) is 6.07 Å². The van der Waals surface area contributed by atoms with Crippen LogP contribution in [0.3, 0.4) is 0 Å². The summed E-state index contributed by atoms with van der Waals surface area (Å²) in [6, 6.07) is 15.1. The van der Waals surface area contributed by atoms with Crippen LogP contribution < -0.4 is 14.9 Å². The summed E-state index contributed by atoms with van der Waals surface area (Å²) in [7, 11) is 0. The summed E-state index contributed by atoms with van der Waals surface area (Å²) >= 11 is 0. The van der Waals surface area contributed by atoms with E-state index in [4.69, 9.17) is 13.9 Å². The van der Waals surface area contributed by atoms with Gasteiger partial charge < -0.3 is 13.9 Å². The van der Waals surface area contributed by atoms with Crippen LogP contribution >= 0.6 is 0 Å². The number of hydrogen-bond donors (Lipinski definition) is 1. The number of amides is 1. The average molecular weight is 407 g/mol. The van der Waals surface area contributed by atoms with E-state index in [9.17, 15) is 14.9 Å². The number of hydrogen-bond acceptors (Lipinski definition) is 7. The molecule has 0 fully saturated rings. The molecule has 152 valence electrons. The lowest BCUT2D eigenvalue weighted by Crippen LogP contribution is -2.42. The molecule has 0 saturated carbocycles. The van der Waals surface area contributed by atoms with Crippen molar-refractivity contribution in [2.45, 2.75) is 13.0 Å². The van der Waals surface area contributed by atoms with E-state index in [2.05, 4.69) is 10.5 Å². The van der Waals surface area contributed by atoms with Gasteiger partial charge in [0, 0.05) is 17.7 Å². The van der Waals surface area contributed by atoms with Crippen LogP contribution in [0.5, 0.6) is 11.5 Å². The number of non-ortho nitro benzene ring substituents is 1. The van der Waals surface area contributed by atoms with Gasteiger partial charge in [0.05, 0.1) is 11.1 Å². The van der Waals surface area contributed by atoms with Crippen LogP contribution in [0.15, 0.2) is 64.1 Å². The molecule has 3 aromatic rings. The van der Waals surface area contributed by atoms with Gasteiger partial charge in [-0.25, -0.2) is 5.43 Å². The molecule has 0 radical (unpaired) electrons. The van der Waals surface area contributed by atoms with Crippen molar-refractivity contribution in [1.29, 1.82) is 0 Å². The summed E-state index contributed by atoms with van der Waals surface area (Å²) in [5, 5.41) is 14.8. The maximum absolute atomic E-state index is 12.2. The Bertz CT molecular complexity index is 1140. The predicted octanol–water partition coefficient (Wildman–Crippen LogP) is 3.45. The van der Waals surface area contributed by atoms with Crippen LogP contribution in [0.4, 0.5) is 5.69 Å². The first-order chi connectivity index (χ1) is 14.5. The van der Waals surface area contributed by atoms with E-state index in [1.54, 1.807) is 43.3 Å². The van der Waals surface area contributed by atoms with Crippen molar-refractivity contribution in [2.24, 2.45) is 5.10 Å². The minimum Gasteiger partial charge on any atom is -0.485 e. The Kier molecular flexibility index (Phi) is 5.17. The summed E-state index contributed by atoms with van der Waals surface area (Å²) < 4.78 is 16.8. The molecule has 2 heterocycles. The fourth-order valence-electron chi connectivity index (χ4n) is 2.99. The van der Waals surface area contributed by atoms with Crippen molar-refractivity contribution in [2.75, 3.05) is 6.61 Å². The standard InChI is InChI=1S/C21H17N3O6/c1-13-10-14(24(26)27)6-8-16(13)17-9-7-15(29-17)11-22-23-21(25)20-12-28-18-4-2-3-5-19(18)30-20/h2-11,20H,12H2,1H3,(H,23,25)/b22-11+/t20-/m1/s1.